The van der Waals surface area contributed by atoms with Gasteiger partial charge in [-0.05, 0) is 35.9 Å². The number of benzene rings is 2. The molecule has 136 valence electrons. The second kappa shape index (κ2) is 7.54. The molecule has 2 aromatic rings. The number of carbonyl (C=O) groups is 1. The van der Waals surface area contributed by atoms with E-state index in [1.54, 1.807) is 36.4 Å². The highest BCUT2D eigenvalue weighted by Crippen LogP contribution is 2.31. The van der Waals surface area contributed by atoms with Crippen molar-refractivity contribution in [3.63, 3.8) is 0 Å². The molecule has 0 aliphatic carbocycles. The number of hydrazone groups is 1. The third-order valence-corrected chi connectivity index (χ3v) is 5.43. The molecule has 3 rings (SSSR count). The van der Waals surface area contributed by atoms with E-state index in [0.29, 0.717) is 17.1 Å². The van der Waals surface area contributed by atoms with Gasteiger partial charge in [0, 0.05) is 7.05 Å². The van der Waals surface area contributed by atoms with E-state index in [4.69, 9.17) is 9.47 Å². The Labute approximate surface area is 151 Å². The van der Waals surface area contributed by atoms with E-state index >= 15 is 0 Å². The van der Waals surface area contributed by atoms with Crippen LogP contribution in [0.2, 0.25) is 0 Å². The first-order valence-electron chi connectivity index (χ1n) is 7.70. The van der Waals surface area contributed by atoms with E-state index in [-0.39, 0.29) is 18.2 Å². The Morgan fingerprint density at radius 1 is 1.19 bits per heavy atom. The van der Waals surface area contributed by atoms with Crippen LogP contribution in [0.15, 0.2) is 58.5 Å². The predicted molar refractivity (Wildman–Crippen MR) is 94.6 cm³/mol. The maximum absolute atomic E-state index is 12.4. The molecule has 1 heterocycles. The summed E-state index contributed by atoms with van der Waals surface area (Å²) in [7, 11) is -2.39. The lowest BCUT2D eigenvalue weighted by atomic mass is 10.2. The van der Waals surface area contributed by atoms with Crippen LogP contribution >= 0.6 is 0 Å². The zero-order valence-corrected chi connectivity index (χ0v) is 14.8. The van der Waals surface area contributed by atoms with Crippen molar-refractivity contribution in [2.24, 2.45) is 5.10 Å². The Kier molecular flexibility index (Phi) is 5.19. The molecule has 1 aliphatic heterocycles. The fraction of sp³-hybridized carbons (Fsp3) is 0.176. The first-order chi connectivity index (χ1) is 12.5. The number of rotatable bonds is 6. The number of amides is 1. The molecule has 26 heavy (non-hydrogen) atoms. The Bertz CT molecular complexity index is 929. The predicted octanol–water partition coefficient (Wildman–Crippen LogP) is 1.19. The van der Waals surface area contributed by atoms with Crippen LogP contribution in [-0.2, 0) is 14.8 Å². The fourth-order valence-electron chi connectivity index (χ4n) is 2.27. The van der Waals surface area contributed by atoms with Crippen LogP contribution in [0.3, 0.4) is 0 Å². The average Bonchev–Trinajstić information content (AvgIpc) is 3.10. The van der Waals surface area contributed by atoms with Gasteiger partial charge in [0.2, 0.25) is 16.8 Å². The highest BCUT2D eigenvalue weighted by atomic mass is 32.2. The second-order valence-electron chi connectivity index (χ2n) is 5.48. The topological polar surface area (TPSA) is 97.3 Å². The zero-order valence-electron chi connectivity index (χ0n) is 14.0. The number of hydrogen-bond acceptors (Lipinski definition) is 6. The molecule has 9 heteroatoms. The fourth-order valence-corrected chi connectivity index (χ4v) is 3.42. The van der Waals surface area contributed by atoms with Crippen LogP contribution in [0.1, 0.15) is 5.56 Å². The molecule has 2 aromatic carbocycles. The first kappa shape index (κ1) is 17.9. The summed E-state index contributed by atoms with van der Waals surface area (Å²) in [4.78, 5) is 12.1. The van der Waals surface area contributed by atoms with Crippen molar-refractivity contribution in [2.75, 3.05) is 20.4 Å². The van der Waals surface area contributed by atoms with Crippen molar-refractivity contribution in [1.82, 2.24) is 9.73 Å². The van der Waals surface area contributed by atoms with Gasteiger partial charge in [0.05, 0.1) is 17.7 Å². The van der Waals surface area contributed by atoms with E-state index in [0.717, 1.165) is 4.31 Å². The molecule has 1 aliphatic rings. The average molecular weight is 375 g/mol. The molecule has 0 saturated heterocycles. The molecule has 0 bridgehead atoms. The van der Waals surface area contributed by atoms with Gasteiger partial charge in [-0.1, -0.05) is 18.2 Å². The molecule has 8 nitrogen and oxygen atoms in total. The molecule has 0 saturated carbocycles. The minimum Gasteiger partial charge on any atom is -0.454 e. The maximum atomic E-state index is 12.4. The molecular weight excluding hydrogens is 358 g/mol. The Morgan fingerprint density at radius 2 is 1.92 bits per heavy atom. The van der Waals surface area contributed by atoms with Gasteiger partial charge in [-0.3, -0.25) is 4.79 Å². The number of carbonyl (C=O) groups excluding carboxylic acids is 1. The van der Waals surface area contributed by atoms with Gasteiger partial charge in [-0.15, -0.1) is 0 Å². The third kappa shape index (κ3) is 4.01. The van der Waals surface area contributed by atoms with Crippen LogP contribution in [0.5, 0.6) is 11.5 Å². The smallest absolute Gasteiger partial charge is 0.255 e. The number of likely N-dealkylation sites (N-methyl/N-ethyl adjacent to an activating group) is 1. The van der Waals surface area contributed by atoms with E-state index in [2.05, 4.69) is 10.5 Å². The van der Waals surface area contributed by atoms with E-state index in [1.807, 2.05) is 0 Å². The molecule has 1 N–H and O–H groups in total. The van der Waals surface area contributed by atoms with E-state index < -0.39 is 15.9 Å². The van der Waals surface area contributed by atoms with Gasteiger partial charge in [0.1, 0.15) is 0 Å². The number of fused-ring (bicyclic) bond motifs is 1. The summed E-state index contributed by atoms with van der Waals surface area (Å²) in [6.45, 7) is -0.176. The summed E-state index contributed by atoms with van der Waals surface area (Å²) in [5.41, 5.74) is 3.01. The van der Waals surface area contributed by atoms with Crippen molar-refractivity contribution >= 4 is 22.1 Å². The Balaban J connectivity index is 1.57. The molecule has 0 unspecified atom stereocenters. The van der Waals surface area contributed by atoms with Crippen LogP contribution in [0.25, 0.3) is 0 Å². The largest absolute Gasteiger partial charge is 0.454 e. The number of ether oxygens (including phenoxy) is 2. The van der Waals surface area contributed by atoms with Crippen molar-refractivity contribution in [2.45, 2.75) is 4.90 Å². The summed E-state index contributed by atoms with van der Waals surface area (Å²) in [5, 5.41) is 3.83. The number of sulfonamides is 1. The van der Waals surface area contributed by atoms with E-state index in [1.165, 1.54) is 25.4 Å². The number of nitrogens with zero attached hydrogens (tertiary/aromatic N) is 2. The first-order valence-corrected chi connectivity index (χ1v) is 9.14. The summed E-state index contributed by atoms with van der Waals surface area (Å²) < 4.78 is 36.1. The molecule has 0 spiro atoms. The summed E-state index contributed by atoms with van der Waals surface area (Å²) >= 11 is 0. The third-order valence-electron chi connectivity index (χ3n) is 3.62. The van der Waals surface area contributed by atoms with Gasteiger partial charge in [-0.2, -0.15) is 9.41 Å². The van der Waals surface area contributed by atoms with Gasteiger partial charge in [0.15, 0.2) is 11.5 Å². The molecular formula is C17H17N3O5S. The standard InChI is InChI=1S/C17H17N3O5S/c1-20(26(22,23)14-5-3-2-4-6-14)11-17(21)19-18-10-13-7-8-15-16(9-13)25-12-24-15/h2-10H,11-12H2,1H3,(H,19,21)/b18-10-. The lowest BCUT2D eigenvalue weighted by molar-refractivity contribution is -0.121. The quantitative estimate of drug-likeness (QED) is 0.604. The lowest BCUT2D eigenvalue weighted by Gasteiger charge is -2.15. The maximum Gasteiger partial charge on any atom is 0.255 e. The van der Waals surface area contributed by atoms with Crippen molar-refractivity contribution in [3.05, 3.63) is 54.1 Å². The number of hydrogen-bond donors (Lipinski definition) is 1. The van der Waals surface area contributed by atoms with E-state index in [9.17, 15) is 13.2 Å². The minimum atomic E-state index is -3.73. The van der Waals surface area contributed by atoms with Gasteiger partial charge >= 0.3 is 0 Å². The summed E-state index contributed by atoms with van der Waals surface area (Å²) in [6, 6.07) is 13.1. The van der Waals surface area contributed by atoms with Crippen LogP contribution in [0.4, 0.5) is 0 Å². The zero-order chi connectivity index (χ0) is 18.6. The monoisotopic (exact) mass is 375 g/mol. The Morgan fingerprint density at radius 3 is 2.69 bits per heavy atom. The second-order valence-corrected chi connectivity index (χ2v) is 7.52. The Hall–Kier alpha value is -2.91. The molecule has 0 atom stereocenters. The van der Waals surface area contributed by atoms with Crippen molar-refractivity contribution < 1.29 is 22.7 Å². The molecule has 0 fully saturated rings. The van der Waals surface area contributed by atoms with Gasteiger partial charge in [-0.25, -0.2) is 13.8 Å². The summed E-state index contributed by atoms with van der Waals surface area (Å²) in [6.07, 6.45) is 1.44. The highest BCUT2D eigenvalue weighted by molar-refractivity contribution is 7.89. The SMILES string of the molecule is CN(CC(=O)N/N=C\c1ccc2c(c1)OCO2)S(=O)(=O)c1ccccc1. The van der Waals surface area contributed by atoms with Gasteiger partial charge in [0.25, 0.3) is 5.91 Å². The highest BCUT2D eigenvalue weighted by Gasteiger charge is 2.22. The number of nitrogens with one attached hydrogen (secondary N) is 1. The van der Waals surface area contributed by atoms with Crippen LogP contribution in [-0.4, -0.2) is 45.2 Å². The minimum absolute atomic E-state index is 0.124. The molecule has 1 amide bonds. The molecule has 0 radical (unpaired) electrons. The van der Waals surface area contributed by atoms with Gasteiger partial charge < -0.3 is 9.47 Å². The normalized spacial score (nSPS) is 13.3. The van der Waals surface area contributed by atoms with Crippen LogP contribution in [0, 0.1) is 0 Å². The van der Waals surface area contributed by atoms with Crippen molar-refractivity contribution in [3.8, 4) is 11.5 Å². The van der Waals surface area contributed by atoms with Crippen LogP contribution < -0.4 is 14.9 Å². The van der Waals surface area contributed by atoms with Crippen molar-refractivity contribution in [1.29, 1.82) is 0 Å². The summed E-state index contributed by atoms with van der Waals surface area (Å²) in [5.74, 6) is 0.705. The molecule has 0 aromatic heterocycles. The lowest BCUT2D eigenvalue weighted by Crippen LogP contribution is -2.36.